The second-order valence-corrected chi connectivity index (χ2v) is 6.11. The number of ether oxygens (including phenoxy) is 1. The summed E-state index contributed by atoms with van der Waals surface area (Å²) >= 11 is 7.11. The Labute approximate surface area is 133 Å². The molecule has 5 nitrogen and oxygen atoms in total. The van der Waals surface area contributed by atoms with Crippen LogP contribution in [0.15, 0.2) is 12.1 Å². The van der Waals surface area contributed by atoms with E-state index in [4.69, 9.17) is 16.3 Å². The summed E-state index contributed by atoms with van der Waals surface area (Å²) in [6.45, 7) is 2.34. The van der Waals surface area contributed by atoms with Gasteiger partial charge in [0.25, 0.3) is 0 Å². The van der Waals surface area contributed by atoms with E-state index in [1.807, 2.05) is 0 Å². The summed E-state index contributed by atoms with van der Waals surface area (Å²) in [6, 6.07) is 3.49. The van der Waals surface area contributed by atoms with Crippen molar-refractivity contribution in [2.45, 2.75) is 18.6 Å². The maximum absolute atomic E-state index is 11.7. The lowest BCUT2D eigenvalue weighted by atomic mass is 10.2. The Morgan fingerprint density at radius 3 is 3.05 bits per heavy atom. The number of halogens is 2. The molecule has 0 bridgehead atoms. The third-order valence-corrected chi connectivity index (χ3v) is 4.16. The third-order valence-electron chi connectivity index (χ3n) is 2.83. The highest BCUT2D eigenvalue weighted by atomic mass is 35.5. The largest absolute Gasteiger partial charge is 0.386 e. The van der Waals surface area contributed by atoms with Gasteiger partial charge in [0, 0.05) is 24.5 Å². The van der Waals surface area contributed by atoms with Crippen LogP contribution in [0.5, 0.6) is 0 Å². The fourth-order valence-corrected chi connectivity index (χ4v) is 2.90. The molecule has 2 heterocycles. The average Bonchev–Trinajstić information content (AvgIpc) is 2.84. The van der Waals surface area contributed by atoms with E-state index in [1.54, 1.807) is 12.1 Å². The number of amides is 1. The molecule has 1 aliphatic heterocycles. The number of carbonyl (C=O) groups is 1. The van der Waals surface area contributed by atoms with Crippen molar-refractivity contribution in [3.63, 3.8) is 0 Å². The molecular formula is C12H18Cl2N2O3S. The molecule has 1 aromatic rings. The van der Waals surface area contributed by atoms with Gasteiger partial charge >= 0.3 is 0 Å². The number of rotatable bonds is 5. The minimum absolute atomic E-state index is 0. The maximum atomic E-state index is 11.7. The van der Waals surface area contributed by atoms with Gasteiger partial charge in [0.2, 0.25) is 5.91 Å². The number of carbonyl (C=O) groups excluding carboxylic acids is 1. The Balaban J connectivity index is 0.00000200. The van der Waals surface area contributed by atoms with E-state index in [0.29, 0.717) is 23.9 Å². The number of nitrogens with one attached hydrogen (secondary N) is 2. The Bertz CT molecular complexity index is 425. The lowest BCUT2D eigenvalue weighted by Crippen LogP contribution is -2.41. The minimum Gasteiger partial charge on any atom is -0.386 e. The van der Waals surface area contributed by atoms with Gasteiger partial charge in [-0.2, -0.15) is 0 Å². The number of hydrogen-bond donors (Lipinski definition) is 3. The molecule has 1 aliphatic rings. The van der Waals surface area contributed by atoms with Crippen molar-refractivity contribution in [3.8, 4) is 0 Å². The predicted molar refractivity (Wildman–Crippen MR) is 81.8 cm³/mol. The molecule has 1 amide bonds. The van der Waals surface area contributed by atoms with Gasteiger partial charge in [-0.1, -0.05) is 11.6 Å². The third kappa shape index (κ3) is 5.55. The average molecular weight is 341 g/mol. The zero-order valence-corrected chi connectivity index (χ0v) is 13.2. The number of hydrogen-bond acceptors (Lipinski definition) is 5. The first-order valence-electron chi connectivity index (χ1n) is 6.17. The fourth-order valence-electron chi connectivity index (χ4n) is 1.85. The first kappa shape index (κ1) is 17.7. The van der Waals surface area contributed by atoms with E-state index >= 15 is 0 Å². The quantitative estimate of drug-likeness (QED) is 0.756. The maximum Gasteiger partial charge on any atom is 0.222 e. The van der Waals surface area contributed by atoms with E-state index in [1.165, 1.54) is 11.3 Å². The molecule has 8 heteroatoms. The predicted octanol–water partition coefficient (Wildman–Crippen LogP) is 1.35. The Hall–Kier alpha value is -0.370. The molecule has 1 saturated heterocycles. The van der Waals surface area contributed by atoms with Gasteiger partial charge in [-0.3, -0.25) is 4.79 Å². The lowest BCUT2D eigenvalue weighted by Gasteiger charge is -2.23. The van der Waals surface area contributed by atoms with Crippen LogP contribution in [-0.2, 0) is 9.53 Å². The monoisotopic (exact) mass is 340 g/mol. The number of thiophene rings is 1. The Morgan fingerprint density at radius 2 is 2.45 bits per heavy atom. The van der Waals surface area contributed by atoms with Crippen LogP contribution in [-0.4, -0.2) is 43.4 Å². The topological polar surface area (TPSA) is 70.6 Å². The van der Waals surface area contributed by atoms with Crippen molar-refractivity contribution in [1.29, 1.82) is 0 Å². The standard InChI is InChI=1S/C12H17ClN2O3S.ClH/c13-11-2-1-10(19-11)9(16)7-15-12(17)5-8-6-14-3-4-18-8;/h1-2,8-9,14,16H,3-7H2,(H,15,17);1H. The highest BCUT2D eigenvalue weighted by Crippen LogP contribution is 2.26. The van der Waals surface area contributed by atoms with E-state index < -0.39 is 6.10 Å². The molecule has 2 unspecified atom stereocenters. The molecule has 3 N–H and O–H groups in total. The van der Waals surface area contributed by atoms with Crippen LogP contribution in [0.3, 0.4) is 0 Å². The van der Waals surface area contributed by atoms with Crippen LogP contribution in [0, 0.1) is 0 Å². The van der Waals surface area contributed by atoms with Gasteiger partial charge < -0.3 is 20.5 Å². The molecule has 1 fully saturated rings. The molecule has 0 spiro atoms. The summed E-state index contributed by atoms with van der Waals surface area (Å²) in [5.41, 5.74) is 0. The normalized spacial score (nSPS) is 20.0. The summed E-state index contributed by atoms with van der Waals surface area (Å²) < 4.78 is 6.07. The molecule has 20 heavy (non-hydrogen) atoms. The minimum atomic E-state index is -0.716. The van der Waals surface area contributed by atoms with E-state index in [-0.39, 0.29) is 31.0 Å². The SMILES string of the molecule is Cl.O=C(CC1CNCCO1)NCC(O)c1ccc(Cl)s1. The van der Waals surface area contributed by atoms with Crippen LogP contribution >= 0.6 is 35.3 Å². The second-order valence-electron chi connectivity index (χ2n) is 4.36. The number of aliphatic hydroxyl groups excluding tert-OH is 1. The van der Waals surface area contributed by atoms with E-state index in [9.17, 15) is 9.90 Å². The second kappa shape index (κ2) is 8.81. The van der Waals surface area contributed by atoms with Gasteiger partial charge in [-0.15, -0.1) is 23.7 Å². The summed E-state index contributed by atoms with van der Waals surface area (Å²) in [5.74, 6) is -0.115. The number of morpholine rings is 1. The van der Waals surface area contributed by atoms with Crippen LogP contribution < -0.4 is 10.6 Å². The van der Waals surface area contributed by atoms with Crippen LogP contribution in [0.1, 0.15) is 17.4 Å². The molecule has 2 atom stereocenters. The molecule has 2 rings (SSSR count). The summed E-state index contributed by atoms with van der Waals surface area (Å²) in [5, 5.41) is 15.8. The van der Waals surface area contributed by atoms with Gasteiger partial charge in [0.1, 0.15) is 6.10 Å². The van der Waals surface area contributed by atoms with Gasteiger partial charge in [-0.25, -0.2) is 0 Å². The van der Waals surface area contributed by atoms with Crippen LogP contribution in [0.25, 0.3) is 0 Å². The Morgan fingerprint density at radius 1 is 1.65 bits per heavy atom. The van der Waals surface area contributed by atoms with Crippen molar-refractivity contribution < 1.29 is 14.6 Å². The van der Waals surface area contributed by atoms with Crippen molar-refractivity contribution in [2.24, 2.45) is 0 Å². The van der Waals surface area contributed by atoms with Gasteiger partial charge in [-0.05, 0) is 12.1 Å². The molecule has 0 radical (unpaired) electrons. The summed E-state index contributed by atoms with van der Waals surface area (Å²) in [7, 11) is 0. The van der Waals surface area contributed by atoms with Crippen molar-refractivity contribution in [3.05, 3.63) is 21.3 Å². The van der Waals surface area contributed by atoms with Gasteiger partial charge in [0.05, 0.1) is 23.5 Å². The van der Waals surface area contributed by atoms with E-state index in [2.05, 4.69) is 10.6 Å². The highest BCUT2D eigenvalue weighted by Gasteiger charge is 2.18. The molecule has 0 aliphatic carbocycles. The zero-order valence-electron chi connectivity index (χ0n) is 10.8. The molecule has 0 saturated carbocycles. The van der Waals surface area contributed by atoms with Crippen molar-refractivity contribution >= 4 is 41.3 Å². The highest BCUT2D eigenvalue weighted by molar-refractivity contribution is 7.16. The van der Waals surface area contributed by atoms with Gasteiger partial charge in [0.15, 0.2) is 0 Å². The summed E-state index contributed by atoms with van der Waals surface area (Å²) in [4.78, 5) is 12.5. The van der Waals surface area contributed by atoms with Crippen molar-refractivity contribution in [1.82, 2.24) is 10.6 Å². The summed E-state index contributed by atoms with van der Waals surface area (Å²) in [6.07, 6.45) is -0.487. The Kier molecular flexibility index (Phi) is 7.79. The first-order valence-corrected chi connectivity index (χ1v) is 7.37. The fraction of sp³-hybridized carbons (Fsp3) is 0.583. The first-order chi connectivity index (χ1) is 9.15. The van der Waals surface area contributed by atoms with E-state index in [0.717, 1.165) is 11.4 Å². The molecule has 1 aromatic heterocycles. The van der Waals surface area contributed by atoms with Crippen molar-refractivity contribution in [2.75, 3.05) is 26.2 Å². The lowest BCUT2D eigenvalue weighted by molar-refractivity contribution is -0.124. The zero-order chi connectivity index (χ0) is 13.7. The number of aliphatic hydroxyl groups is 1. The van der Waals surface area contributed by atoms with Crippen LogP contribution in [0.4, 0.5) is 0 Å². The molecular weight excluding hydrogens is 323 g/mol. The molecule has 0 aromatic carbocycles. The smallest absolute Gasteiger partial charge is 0.222 e. The van der Waals surface area contributed by atoms with Crippen LogP contribution in [0.2, 0.25) is 4.34 Å². The molecule has 114 valence electrons.